The summed E-state index contributed by atoms with van der Waals surface area (Å²) in [7, 11) is 0. The average molecular weight is 413 g/mol. The fraction of sp³-hybridized carbons (Fsp3) is 0.565. The number of hydrogen-bond acceptors (Lipinski definition) is 5. The van der Waals surface area contributed by atoms with Crippen molar-refractivity contribution in [1.82, 2.24) is 20.2 Å². The summed E-state index contributed by atoms with van der Waals surface area (Å²) in [4.78, 5) is 22.7. The molecule has 4 rings (SSSR count). The number of imidazole rings is 1. The van der Waals surface area contributed by atoms with E-state index in [9.17, 15) is 4.79 Å². The summed E-state index contributed by atoms with van der Waals surface area (Å²) in [5.41, 5.74) is 2.47. The van der Waals surface area contributed by atoms with Gasteiger partial charge in [-0.1, -0.05) is 0 Å². The second-order valence-corrected chi connectivity index (χ2v) is 8.91. The molecule has 3 heterocycles. The van der Waals surface area contributed by atoms with Crippen molar-refractivity contribution < 1.29 is 14.3 Å². The lowest BCUT2D eigenvalue weighted by Gasteiger charge is -2.46. The van der Waals surface area contributed by atoms with E-state index in [4.69, 9.17) is 9.47 Å². The van der Waals surface area contributed by atoms with E-state index in [0.29, 0.717) is 24.8 Å². The first-order valence-electron chi connectivity index (χ1n) is 10.8. The van der Waals surface area contributed by atoms with Crippen molar-refractivity contribution in [3.8, 4) is 5.75 Å². The minimum Gasteiger partial charge on any atom is -0.491 e. The molecule has 7 nitrogen and oxygen atoms in total. The smallest absolute Gasteiger partial charge is 0.255 e. The molecule has 2 atom stereocenters. The molecule has 2 aromatic rings. The Morgan fingerprint density at radius 3 is 2.83 bits per heavy atom. The third-order valence-electron chi connectivity index (χ3n) is 6.00. The van der Waals surface area contributed by atoms with E-state index in [-0.39, 0.29) is 17.6 Å². The Balaban J connectivity index is 1.39. The lowest BCUT2D eigenvalue weighted by Crippen LogP contribution is -2.57. The zero-order valence-electron chi connectivity index (χ0n) is 18.3. The molecular weight excluding hydrogens is 380 g/mol. The normalized spacial score (nSPS) is 24.4. The first-order chi connectivity index (χ1) is 14.3. The molecule has 2 saturated heterocycles. The van der Waals surface area contributed by atoms with Crippen LogP contribution in [0.15, 0.2) is 24.4 Å². The van der Waals surface area contributed by atoms with Crippen LogP contribution in [0.25, 0.3) is 0 Å². The van der Waals surface area contributed by atoms with E-state index in [1.54, 1.807) is 4.90 Å². The maximum absolute atomic E-state index is 13.0. The van der Waals surface area contributed by atoms with Gasteiger partial charge in [-0.2, -0.15) is 0 Å². The number of aryl methyl sites for hydroxylation is 2. The highest BCUT2D eigenvalue weighted by Gasteiger charge is 2.42. The number of nitrogens with zero attached hydrogens (tertiary/aromatic N) is 2. The van der Waals surface area contributed by atoms with E-state index in [0.717, 1.165) is 48.8 Å². The molecule has 2 N–H and O–H groups in total. The number of carbonyl (C=O) groups excluding carboxylic acids is 1. The summed E-state index contributed by atoms with van der Waals surface area (Å²) in [6.45, 7) is 10.7. The second kappa shape index (κ2) is 8.40. The van der Waals surface area contributed by atoms with Crippen molar-refractivity contribution in [2.45, 2.75) is 58.2 Å². The van der Waals surface area contributed by atoms with Gasteiger partial charge in [0.1, 0.15) is 18.3 Å². The predicted molar refractivity (Wildman–Crippen MR) is 115 cm³/mol. The number of H-pyrrole nitrogens is 1. The van der Waals surface area contributed by atoms with Crippen LogP contribution in [0.2, 0.25) is 0 Å². The van der Waals surface area contributed by atoms with Gasteiger partial charge in [0.25, 0.3) is 5.91 Å². The number of rotatable bonds is 4. The van der Waals surface area contributed by atoms with Gasteiger partial charge in [0.15, 0.2) is 0 Å². The molecule has 162 valence electrons. The second-order valence-electron chi connectivity index (χ2n) is 8.91. The first kappa shape index (κ1) is 20.9. The number of hydrogen-bond donors (Lipinski definition) is 2. The Morgan fingerprint density at radius 1 is 1.37 bits per heavy atom. The van der Waals surface area contributed by atoms with Gasteiger partial charge in [0.2, 0.25) is 0 Å². The Labute approximate surface area is 178 Å². The maximum Gasteiger partial charge on any atom is 0.255 e. The zero-order valence-corrected chi connectivity index (χ0v) is 18.3. The van der Waals surface area contributed by atoms with E-state index < -0.39 is 0 Å². The van der Waals surface area contributed by atoms with Crippen molar-refractivity contribution in [2.75, 3.05) is 26.4 Å². The summed E-state index contributed by atoms with van der Waals surface area (Å²) in [5.74, 6) is 2.14. The number of aromatic amines is 1. The summed E-state index contributed by atoms with van der Waals surface area (Å²) in [5, 5.41) is 3.51. The molecule has 1 spiro atoms. The van der Waals surface area contributed by atoms with E-state index >= 15 is 0 Å². The van der Waals surface area contributed by atoms with Crippen LogP contribution >= 0.6 is 0 Å². The van der Waals surface area contributed by atoms with Gasteiger partial charge in [-0.05, 0) is 64.3 Å². The van der Waals surface area contributed by atoms with Crippen LogP contribution in [0.5, 0.6) is 5.75 Å². The summed E-state index contributed by atoms with van der Waals surface area (Å²) < 4.78 is 12.1. The Bertz CT molecular complexity index is 900. The van der Waals surface area contributed by atoms with Crippen LogP contribution in [-0.4, -0.2) is 58.8 Å². The molecule has 2 aliphatic rings. The first-order valence-corrected chi connectivity index (χ1v) is 10.8. The summed E-state index contributed by atoms with van der Waals surface area (Å²) in [6, 6.07) is 5.63. The van der Waals surface area contributed by atoms with Gasteiger partial charge in [-0.15, -0.1) is 0 Å². The molecule has 2 fully saturated rings. The third kappa shape index (κ3) is 4.37. The molecule has 1 aromatic carbocycles. The number of benzene rings is 1. The maximum atomic E-state index is 13.0. The van der Waals surface area contributed by atoms with Crippen molar-refractivity contribution in [3.63, 3.8) is 0 Å². The van der Waals surface area contributed by atoms with Crippen molar-refractivity contribution in [2.24, 2.45) is 0 Å². The minimum absolute atomic E-state index is 0.00558. The van der Waals surface area contributed by atoms with Gasteiger partial charge in [-0.3, -0.25) is 4.79 Å². The molecule has 0 saturated carbocycles. The van der Waals surface area contributed by atoms with Gasteiger partial charge < -0.3 is 24.7 Å². The van der Waals surface area contributed by atoms with Crippen LogP contribution in [-0.2, 0) is 4.74 Å². The Kier molecular flexibility index (Phi) is 5.84. The number of piperidine rings is 1. The lowest BCUT2D eigenvalue weighted by atomic mass is 9.83. The Hall–Kier alpha value is -2.38. The SMILES string of the molecule is Cc1cnc(C2CNCC3(CCN(C(=O)c4ccc(OC(C)C)c(C)c4)CO3)C2)[nH]1. The zero-order chi connectivity index (χ0) is 21.3. The lowest BCUT2D eigenvalue weighted by molar-refractivity contribution is -0.137. The molecule has 0 aliphatic carbocycles. The number of aromatic nitrogens is 2. The topological polar surface area (TPSA) is 79.5 Å². The van der Waals surface area contributed by atoms with Gasteiger partial charge in [0, 0.05) is 43.0 Å². The molecule has 0 radical (unpaired) electrons. The Morgan fingerprint density at radius 2 is 2.20 bits per heavy atom. The van der Waals surface area contributed by atoms with E-state index in [1.807, 2.05) is 52.1 Å². The monoisotopic (exact) mass is 412 g/mol. The number of carbonyl (C=O) groups is 1. The number of amides is 1. The van der Waals surface area contributed by atoms with Crippen LogP contribution in [0.4, 0.5) is 0 Å². The number of ether oxygens (including phenoxy) is 2. The van der Waals surface area contributed by atoms with Gasteiger partial charge in [-0.25, -0.2) is 4.98 Å². The van der Waals surface area contributed by atoms with Gasteiger partial charge in [0.05, 0.1) is 11.7 Å². The quantitative estimate of drug-likeness (QED) is 0.807. The molecule has 2 aliphatic heterocycles. The predicted octanol–water partition coefficient (Wildman–Crippen LogP) is 3.15. The van der Waals surface area contributed by atoms with Gasteiger partial charge >= 0.3 is 0 Å². The van der Waals surface area contributed by atoms with Crippen molar-refractivity contribution in [1.29, 1.82) is 0 Å². The highest BCUT2D eigenvalue weighted by atomic mass is 16.5. The standard InChI is InChI=1S/C23H32N4O3/c1-15(2)30-20-6-5-18(9-16(20)3)22(28)27-8-7-23(29-14-27)10-19(12-24-13-23)21-25-11-17(4)26-21/h5-6,9,11,15,19,24H,7-8,10,12-14H2,1-4H3,(H,25,26). The van der Waals surface area contributed by atoms with Crippen LogP contribution in [0.3, 0.4) is 0 Å². The average Bonchev–Trinajstić information content (AvgIpc) is 3.16. The van der Waals surface area contributed by atoms with E-state index in [2.05, 4.69) is 15.3 Å². The molecule has 7 heteroatoms. The van der Waals surface area contributed by atoms with Crippen molar-refractivity contribution >= 4 is 5.91 Å². The summed E-state index contributed by atoms with van der Waals surface area (Å²) in [6.07, 6.45) is 3.71. The molecular formula is C23H32N4O3. The van der Waals surface area contributed by atoms with Crippen molar-refractivity contribution in [3.05, 3.63) is 47.0 Å². The molecule has 0 bridgehead atoms. The van der Waals surface area contributed by atoms with Crippen LogP contribution < -0.4 is 10.1 Å². The van der Waals surface area contributed by atoms with E-state index in [1.165, 1.54) is 0 Å². The molecule has 1 amide bonds. The fourth-order valence-corrected chi connectivity index (χ4v) is 4.40. The molecule has 30 heavy (non-hydrogen) atoms. The molecule has 2 unspecified atom stereocenters. The summed E-state index contributed by atoms with van der Waals surface area (Å²) >= 11 is 0. The minimum atomic E-state index is -0.245. The third-order valence-corrected chi connectivity index (χ3v) is 6.00. The molecule has 1 aromatic heterocycles. The fourth-order valence-electron chi connectivity index (χ4n) is 4.40. The number of nitrogens with one attached hydrogen (secondary N) is 2. The highest BCUT2D eigenvalue weighted by molar-refractivity contribution is 5.94. The highest BCUT2D eigenvalue weighted by Crippen LogP contribution is 2.35. The largest absolute Gasteiger partial charge is 0.491 e. The van der Waals surface area contributed by atoms with Crippen LogP contribution in [0.1, 0.15) is 60.0 Å². The van der Waals surface area contributed by atoms with Crippen LogP contribution in [0, 0.1) is 13.8 Å².